The van der Waals surface area contributed by atoms with Crippen molar-refractivity contribution >= 4 is 56.0 Å². The summed E-state index contributed by atoms with van der Waals surface area (Å²) in [6.45, 7) is 0. The summed E-state index contributed by atoms with van der Waals surface area (Å²) >= 11 is 8.10. The van der Waals surface area contributed by atoms with Crippen LogP contribution < -0.4 is 5.32 Å². The Morgan fingerprint density at radius 3 is 3.14 bits per heavy atom. The number of anilines is 2. The van der Waals surface area contributed by atoms with Crippen molar-refractivity contribution in [2.24, 2.45) is 5.92 Å². The quantitative estimate of drug-likeness (QED) is 0.516. The molecule has 0 saturated heterocycles. The fourth-order valence-electron chi connectivity index (χ4n) is 3.71. The van der Waals surface area contributed by atoms with Gasteiger partial charge in [-0.2, -0.15) is 10.4 Å². The lowest BCUT2D eigenvalue weighted by molar-refractivity contribution is -0.117. The molecule has 1 aliphatic carbocycles. The van der Waals surface area contributed by atoms with Crippen LogP contribution in [0.15, 0.2) is 30.9 Å². The number of ketones is 1. The van der Waals surface area contributed by atoms with Gasteiger partial charge in [0.25, 0.3) is 0 Å². The van der Waals surface area contributed by atoms with Crippen molar-refractivity contribution in [1.29, 1.82) is 5.26 Å². The number of aryl methyl sites for hydroxylation is 1. The fourth-order valence-corrected chi connectivity index (χ4v) is 5.23. The van der Waals surface area contributed by atoms with Gasteiger partial charge in [-0.05, 0) is 37.0 Å². The minimum absolute atomic E-state index is 0.228. The van der Waals surface area contributed by atoms with Crippen LogP contribution in [-0.4, -0.2) is 25.4 Å². The van der Waals surface area contributed by atoms with Gasteiger partial charge in [-0.15, -0.1) is 11.3 Å². The number of hydrogen-bond acceptors (Lipinski definition) is 7. The molecule has 0 aliphatic heterocycles. The molecule has 0 bridgehead atoms. The Morgan fingerprint density at radius 1 is 1.39 bits per heavy atom. The zero-order chi connectivity index (χ0) is 19.3. The van der Waals surface area contributed by atoms with E-state index in [2.05, 4.69) is 20.4 Å². The number of Topliss-reactive ketones (excluding diaryl/α,β-unsaturated/α-hetero) is 1. The van der Waals surface area contributed by atoms with Crippen molar-refractivity contribution in [3.05, 3.63) is 46.3 Å². The average Bonchev–Trinajstić information content (AvgIpc) is 3.34. The van der Waals surface area contributed by atoms with E-state index in [9.17, 15) is 4.79 Å². The lowest BCUT2D eigenvalue weighted by atomic mass is 9.85. The average molecular weight is 409 g/mol. The third-order valence-electron chi connectivity index (χ3n) is 5.09. The van der Waals surface area contributed by atoms with E-state index in [-0.39, 0.29) is 11.7 Å². The van der Waals surface area contributed by atoms with Gasteiger partial charge in [0.2, 0.25) is 5.78 Å². The van der Waals surface area contributed by atoms with Gasteiger partial charge in [0.05, 0.1) is 27.8 Å². The molecule has 0 unspecified atom stereocenters. The molecule has 1 atom stereocenters. The molecule has 1 aliphatic rings. The number of pyridine rings is 1. The summed E-state index contributed by atoms with van der Waals surface area (Å²) in [5.41, 5.74) is 2.71. The molecule has 4 aromatic heterocycles. The van der Waals surface area contributed by atoms with Gasteiger partial charge >= 0.3 is 0 Å². The van der Waals surface area contributed by atoms with Gasteiger partial charge < -0.3 is 5.32 Å². The summed E-state index contributed by atoms with van der Waals surface area (Å²) in [4.78, 5) is 22.6. The van der Waals surface area contributed by atoms with Crippen LogP contribution in [0.3, 0.4) is 0 Å². The summed E-state index contributed by atoms with van der Waals surface area (Å²) < 4.78 is 1.71. The van der Waals surface area contributed by atoms with Crippen molar-refractivity contribution in [3.8, 4) is 6.07 Å². The molecule has 1 N–H and O–H groups in total. The van der Waals surface area contributed by atoms with E-state index >= 15 is 0 Å². The van der Waals surface area contributed by atoms with E-state index < -0.39 is 0 Å². The van der Waals surface area contributed by atoms with E-state index in [4.69, 9.17) is 16.9 Å². The maximum Gasteiger partial charge on any atom is 0.235 e. The number of aromatic nitrogens is 4. The number of rotatable bonds is 3. The minimum Gasteiger partial charge on any atom is -0.338 e. The summed E-state index contributed by atoms with van der Waals surface area (Å²) in [5, 5.41) is 18.0. The predicted octanol–water partition coefficient (Wildman–Crippen LogP) is 3.93. The van der Waals surface area contributed by atoms with Crippen LogP contribution in [0.4, 0.5) is 11.5 Å². The number of thiophene rings is 1. The number of nitrogens with zero attached hydrogens (tertiary/aromatic N) is 5. The largest absolute Gasteiger partial charge is 0.338 e. The number of hydrogen-bond donors (Lipinski definition) is 1. The lowest BCUT2D eigenvalue weighted by Gasteiger charge is -2.19. The van der Waals surface area contributed by atoms with Gasteiger partial charge in [-0.25, -0.2) is 14.5 Å². The first kappa shape index (κ1) is 17.1. The summed E-state index contributed by atoms with van der Waals surface area (Å²) in [6.07, 6.45) is 7.04. The molecule has 0 amide bonds. The second kappa shape index (κ2) is 6.55. The highest BCUT2D eigenvalue weighted by Gasteiger charge is 2.29. The number of nitrogens with one attached hydrogen (secondary N) is 1. The molecular weight excluding hydrogens is 396 g/mol. The smallest absolute Gasteiger partial charge is 0.235 e. The van der Waals surface area contributed by atoms with E-state index in [0.717, 1.165) is 38.3 Å². The Bertz CT molecular complexity index is 1290. The van der Waals surface area contributed by atoms with Gasteiger partial charge in [0, 0.05) is 17.0 Å². The summed E-state index contributed by atoms with van der Waals surface area (Å²) in [6, 6.07) is 5.47. The zero-order valence-corrected chi connectivity index (χ0v) is 16.1. The topological polar surface area (TPSA) is 96.0 Å². The number of carbonyl (C=O) groups excluding carboxylic acids is 1. The summed E-state index contributed by atoms with van der Waals surface area (Å²) in [7, 11) is 0. The SMILES string of the molecule is N#CC(=O)[C@H]1CCc2c(sc3ncnc(Nc4ccn5nccc5c4Cl)c23)C1. The normalized spacial score (nSPS) is 16.1. The van der Waals surface area contributed by atoms with Gasteiger partial charge in [0.1, 0.15) is 23.0 Å². The van der Waals surface area contributed by atoms with Crippen LogP contribution in [-0.2, 0) is 17.6 Å². The van der Waals surface area contributed by atoms with Crippen molar-refractivity contribution in [3.63, 3.8) is 0 Å². The highest BCUT2D eigenvalue weighted by atomic mass is 35.5. The molecule has 4 aromatic rings. The van der Waals surface area contributed by atoms with Crippen LogP contribution >= 0.6 is 22.9 Å². The molecule has 0 radical (unpaired) electrons. The Hall–Kier alpha value is -3.02. The Labute approximate surface area is 168 Å². The van der Waals surface area contributed by atoms with Crippen molar-refractivity contribution in [1.82, 2.24) is 19.6 Å². The zero-order valence-electron chi connectivity index (χ0n) is 14.5. The van der Waals surface area contributed by atoms with Crippen molar-refractivity contribution in [2.45, 2.75) is 19.3 Å². The van der Waals surface area contributed by atoms with Crippen LogP contribution in [0, 0.1) is 17.2 Å². The maximum absolute atomic E-state index is 11.8. The van der Waals surface area contributed by atoms with Crippen LogP contribution in [0.25, 0.3) is 15.7 Å². The van der Waals surface area contributed by atoms with E-state index in [1.165, 1.54) is 6.33 Å². The molecular formula is C19H13ClN6OS. The second-order valence-corrected chi connectivity index (χ2v) is 8.11. The third-order valence-corrected chi connectivity index (χ3v) is 6.65. The molecule has 28 heavy (non-hydrogen) atoms. The molecule has 0 saturated carbocycles. The maximum atomic E-state index is 11.8. The third kappa shape index (κ3) is 2.63. The van der Waals surface area contributed by atoms with Gasteiger partial charge in [0.15, 0.2) is 0 Å². The Kier molecular flexibility index (Phi) is 4.00. The highest BCUT2D eigenvalue weighted by molar-refractivity contribution is 7.19. The monoisotopic (exact) mass is 408 g/mol. The number of fused-ring (bicyclic) bond motifs is 4. The second-order valence-electron chi connectivity index (χ2n) is 6.65. The number of halogens is 1. The first-order valence-electron chi connectivity index (χ1n) is 8.73. The molecule has 7 nitrogen and oxygen atoms in total. The fraction of sp³-hybridized carbons (Fsp3) is 0.211. The van der Waals surface area contributed by atoms with Crippen LogP contribution in [0.1, 0.15) is 16.9 Å². The molecule has 9 heteroatoms. The standard InChI is InChI=1S/C19H13ClN6OS/c20-17-12(4-6-26-13(17)3-5-24-26)25-18-16-11-2-1-10(14(27)8-21)7-15(11)28-19(16)23-9-22-18/h3-6,9-10H,1-2,7H2,(H,22,23,25)/t10-/m0/s1. The van der Waals surface area contributed by atoms with Crippen LogP contribution in [0.2, 0.25) is 5.02 Å². The molecule has 0 spiro atoms. The van der Waals surface area contributed by atoms with Crippen molar-refractivity contribution < 1.29 is 4.79 Å². The lowest BCUT2D eigenvalue weighted by Crippen LogP contribution is -2.20. The van der Waals surface area contributed by atoms with E-state index in [1.54, 1.807) is 28.1 Å². The molecule has 138 valence electrons. The Balaban J connectivity index is 1.57. The minimum atomic E-state index is -0.339. The predicted molar refractivity (Wildman–Crippen MR) is 107 cm³/mol. The Morgan fingerprint density at radius 2 is 2.29 bits per heavy atom. The molecule has 4 heterocycles. The van der Waals surface area contributed by atoms with Gasteiger partial charge in [-0.3, -0.25) is 4.79 Å². The van der Waals surface area contributed by atoms with Crippen molar-refractivity contribution in [2.75, 3.05) is 5.32 Å². The summed E-state index contributed by atoms with van der Waals surface area (Å²) in [5.74, 6) is 0.125. The molecule has 5 rings (SSSR count). The van der Waals surface area contributed by atoms with Gasteiger partial charge in [-0.1, -0.05) is 11.6 Å². The molecule has 0 aromatic carbocycles. The first-order valence-corrected chi connectivity index (χ1v) is 9.93. The number of nitriles is 1. The highest BCUT2D eigenvalue weighted by Crippen LogP contribution is 2.41. The number of carbonyl (C=O) groups is 1. The van der Waals surface area contributed by atoms with Crippen LogP contribution in [0.5, 0.6) is 0 Å². The van der Waals surface area contributed by atoms with E-state index in [0.29, 0.717) is 23.7 Å². The molecule has 0 fully saturated rings. The van der Waals surface area contributed by atoms with E-state index in [1.807, 2.05) is 18.3 Å². The first-order chi connectivity index (χ1) is 13.7.